The summed E-state index contributed by atoms with van der Waals surface area (Å²) in [6.07, 6.45) is 0. The first-order chi connectivity index (χ1) is 14.5. The first-order valence-corrected chi connectivity index (χ1v) is 10.9. The summed E-state index contributed by atoms with van der Waals surface area (Å²) in [5.41, 5.74) is 4.80. The van der Waals surface area contributed by atoms with Crippen LogP contribution in [0.5, 0.6) is 0 Å². The molecule has 0 bridgehead atoms. The quantitative estimate of drug-likeness (QED) is 0.269. The zero-order valence-electron chi connectivity index (χ0n) is 16.7. The Kier molecular flexibility index (Phi) is 6.02. The molecule has 30 heavy (non-hydrogen) atoms. The number of rotatable bonds is 6. The number of Topliss-reactive ketones (excluding diaryl/α,β-unsaturated/α-hetero) is 1. The van der Waals surface area contributed by atoms with E-state index in [2.05, 4.69) is 48.3 Å². The van der Waals surface area contributed by atoms with Crippen molar-refractivity contribution in [2.24, 2.45) is 0 Å². The number of aromatic nitrogens is 3. The molecule has 0 amide bonds. The third-order valence-electron chi connectivity index (χ3n) is 4.74. The largest absolute Gasteiger partial charge is 0.293 e. The molecule has 4 rings (SSSR count). The molecule has 0 unspecified atom stereocenters. The fourth-order valence-electron chi connectivity index (χ4n) is 3.07. The van der Waals surface area contributed by atoms with Crippen molar-refractivity contribution >= 4 is 29.1 Å². The van der Waals surface area contributed by atoms with E-state index in [4.69, 9.17) is 11.6 Å². The van der Waals surface area contributed by atoms with Gasteiger partial charge in [0, 0.05) is 16.8 Å². The topological polar surface area (TPSA) is 47.8 Å². The number of benzene rings is 3. The molecule has 0 spiro atoms. The molecule has 1 heterocycles. The highest BCUT2D eigenvalue weighted by molar-refractivity contribution is 7.99. The lowest BCUT2D eigenvalue weighted by Crippen LogP contribution is -2.05. The summed E-state index contributed by atoms with van der Waals surface area (Å²) >= 11 is 7.53. The SMILES string of the molecule is Cc1ccc(-c2nnc(SCC(=O)c3ccccc3Cl)n2-c2ccc(C)cc2)cc1. The van der Waals surface area contributed by atoms with Crippen LogP contribution in [0.25, 0.3) is 17.1 Å². The number of ketones is 1. The van der Waals surface area contributed by atoms with E-state index in [9.17, 15) is 4.79 Å². The zero-order valence-corrected chi connectivity index (χ0v) is 18.2. The van der Waals surface area contributed by atoms with Gasteiger partial charge in [0.25, 0.3) is 0 Å². The third-order valence-corrected chi connectivity index (χ3v) is 6.00. The van der Waals surface area contributed by atoms with E-state index in [1.54, 1.807) is 12.1 Å². The van der Waals surface area contributed by atoms with E-state index in [-0.39, 0.29) is 11.5 Å². The van der Waals surface area contributed by atoms with Crippen molar-refractivity contribution in [2.75, 3.05) is 5.75 Å². The van der Waals surface area contributed by atoms with Crippen LogP contribution >= 0.6 is 23.4 Å². The minimum absolute atomic E-state index is 0.0408. The normalized spacial score (nSPS) is 10.9. The van der Waals surface area contributed by atoms with Crippen LogP contribution in [0, 0.1) is 13.8 Å². The van der Waals surface area contributed by atoms with Gasteiger partial charge in [-0.1, -0.05) is 83.0 Å². The van der Waals surface area contributed by atoms with Crippen molar-refractivity contribution in [2.45, 2.75) is 19.0 Å². The molecule has 0 aliphatic rings. The van der Waals surface area contributed by atoms with Crippen molar-refractivity contribution in [3.8, 4) is 17.1 Å². The Balaban J connectivity index is 1.69. The lowest BCUT2D eigenvalue weighted by Gasteiger charge is -2.11. The lowest BCUT2D eigenvalue weighted by atomic mass is 10.1. The summed E-state index contributed by atoms with van der Waals surface area (Å²) in [5.74, 6) is 0.925. The molecular formula is C24H20ClN3OS. The fourth-order valence-corrected chi connectivity index (χ4v) is 4.15. The second-order valence-corrected chi connectivity index (χ2v) is 8.38. The molecule has 0 atom stereocenters. The zero-order chi connectivity index (χ0) is 21.1. The predicted molar refractivity (Wildman–Crippen MR) is 123 cm³/mol. The Morgan fingerprint density at radius 3 is 2.20 bits per heavy atom. The predicted octanol–water partition coefficient (Wildman–Crippen LogP) is 6.18. The number of carbonyl (C=O) groups excluding carboxylic acids is 1. The standard InChI is InChI=1S/C24H20ClN3OS/c1-16-7-11-18(12-8-16)23-26-27-24(28(23)19-13-9-17(2)10-14-19)30-15-22(29)20-5-3-4-6-21(20)25/h3-14H,15H2,1-2H3. The highest BCUT2D eigenvalue weighted by atomic mass is 35.5. The van der Waals surface area contributed by atoms with Gasteiger partial charge in [-0.3, -0.25) is 9.36 Å². The van der Waals surface area contributed by atoms with Gasteiger partial charge in [0.1, 0.15) is 0 Å². The van der Waals surface area contributed by atoms with Crippen LogP contribution in [-0.4, -0.2) is 26.3 Å². The Morgan fingerprint density at radius 2 is 1.53 bits per heavy atom. The molecule has 0 N–H and O–H groups in total. The van der Waals surface area contributed by atoms with Crippen molar-refractivity contribution in [1.29, 1.82) is 0 Å². The van der Waals surface area contributed by atoms with Gasteiger partial charge in [-0.15, -0.1) is 10.2 Å². The van der Waals surface area contributed by atoms with E-state index >= 15 is 0 Å². The first-order valence-electron chi connectivity index (χ1n) is 9.53. The summed E-state index contributed by atoms with van der Waals surface area (Å²) in [5, 5.41) is 9.95. The first kappa shape index (κ1) is 20.4. The molecule has 0 saturated heterocycles. The van der Waals surface area contributed by atoms with E-state index in [1.165, 1.54) is 22.9 Å². The monoisotopic (exact) mass is 433 g/mol. The highest BCUT2D eigenvalue weighted by Gasteiger charge is 2.18. The maximum atomic E-state index is 12.7. The Morgan fingerprint density at radius 1 is 0.900 bits per heavy atom. The maximum absolute atomic E-state index is 12.7. The molecule has 0 fully saturated rings. The summed E-state index contributed by atoms with van der Waals surface area (Å²) in [6, 6.07) is 23.5. The number of hydrogen-bond donors (Lipinski definition) is 0. The van der Waals surface area contributed by atoms with Gasteiger partial charge in [0.05, 0.1) is 10.8 Å². The van der Waals surface area contributed by atoms with Crippen LogP contribution < -0.4 is 0 Å². The van der Waals surface area contributed by atoms with Gasteiger partial charge in [-0.25, -0.2) is 0 Å². The number of thioether (sulfide) groups is 1. The second kappa shape index (κ2) is 8.86. The van der Waals surface area contributed by atoms with E-state index < -0.39 is 0 Å². The van der Waals surface area contributed by atoms with Crippen LogP contribution in [0.4, 0.5) is 0 Å². The minimum Gasteiger partial charge on any atom is -0.293 e. The van der Waals surface area contributed by atoms with Crippen LogP contribution in [0.15, 0.2) is 78.0 Å². The van der Waals surface area contributed by atoms with Crippen LogP contribution in [-0.2, 0) is 0 Å². The summed E-state index contributed by atoms with van der Waals surface area (Å²) < 4.78 is 1.99. The molecule has 0 aliphatic carbocycles. The van der Waals surface area contributed by atoms with E-state index in [1.807, 2.05) is 41.0 Å². The van der Waals surface area contributed by atoms with Crippen molar-refractivity contribution in [3.05, 3.63) is 94.5 Å². The summed E-state index contributed by atoms with van der Waals surface area (Å²) in [7, 11) is 0. The van der Waals surface area contributed by atoms with E-state index in [0.29, 0.717) is 15.7 Å². The van der Waals surface area contributed by atoms with Gasteiger partial charge in [-0.05, 0) is 38.1 Å². The average Bonchev–Trinajstić information content (AvgIpc) is 3.17. The smallest absolute Gasteiger partial charge is 0.196 e. The fraction of sp³-hybridized carbons (Fsp3) is 0.125. The molecule has 4 aromatic rings. The molecule has 6 heteroatoms. The maximum Gasteiger partial charge on any atom is 0.196 e. The number of carbonyl (C=O) groups is 1. The lowest BCUT2D eigenvalue weighted by molar-refractivity contribution is 0.102. The van der Waals surface area contributed by atoms with Gasteiger partial charge in [0.2, 0.25) is 0 Å². The van der Waals surface area contributed by atoms with Crippen LogP contribution in [0.1, 0.15) is 21.5 Å². The van der Waals surface area contributed by atoms with Gasteiger partial charge in [-0.2, -0.15) is 0 Å². The number of aryl methyl sites for hydroxylation is 2. The number of halogens is 1. The van der Waals surface area contributed by atoms with Crippen LogP contribution in [0.2, 0.25) is 5.02 Å². The Bertz CT molecular complexity index is 1180. The molecule has 150 valence electrons. The number of hydrogen-bond acceptors (Lipinski definition) is 4. The molecule has 3 aromatic carbocycles. The second-order valence-electron chi connectivity index (χ2n) is 7.03. The molecule has 1 aromatic heterocycles. The third kappa shape index (κ3) is 4.32. The Hall–Kier alpha value is -2.89. The molecule has 0 saturated carbocycles. The summed E-state index contributed by atoms with van der Waals surface area (Å²) in [4.78, 5) is 12.7. The van der Waals surface area contributed by atoms with Crippen LogP contribution in [0.3, 0.4) is 0 Å². The van der Waals surface area contributed by atoms with Gasteiger partial charge in [0.15, 0.2) is 16.8 Å². The molecule has 0 radical (unpaired) electrons. The van der Waals surface area contributed by atoms with Crippen molar-refractivity contribution < 1.29 is 4.79 Å². The number of nitrogens with zero attached hydrogens (tertiary/aromatic N) is 3. The van der Waals surface area contributed by atoms with E-state index in [0.717, 1.165) is 17.1 Å². The molecule has 4 nitrogen and oxygen atoms in total. The van der Waals surface area contributed by atoms with Gasteiger partial charge < -0.3 is 0 Å². The minimum atomic E-state index is -0.0408. The Labute approximate surface area is 184 Å². The molecule has 0 aliphatic heterocycles. The summed E-state index contributed by atoms with van der Waals surface area (Å²) in [6.45, 7) is 4.10. The molecular weight excluding hydrogens is 414 g/mol. The average molecular weight is 434 g/mol. The van der Waals surface area contributed by atoms with Gasteiger partial charge >= 0.3 is 0 Å². The highest BCUT2D eigenvalue weighted by Crippen LogP contribution is 2.29. The van der Waals surface area contributed by atoms with Crippen molar-refractivity contribution in [1.82, 2.24) is 14.8 Å². The van der Waals surface area contributed by atoms with Crippen molar-refractivity contribution in [3.63, 3.8) is 0 Å².